The third kappa shape index (κ3) is 6.62. The first-order valence-corrected chi connectivity index (χ1v) is 4.61. The summed E-state index contributed by atoms with van der Waals surface area (Å²) < 4.78 is 4.80. The zero-order valence-corrected chi connectivity index (χ0v) is 8.88. The molecule has 1 amide bonds. The van der Waals surface area contributed by atoms with Gasteiger partial charge in [-0.3, -0.25) is 4.79 Å². The van der Waals surface area contributed by atoms with Crippen LogP contribution >= 0.6 is 0 Å². The van der Waals surface area contributed by atoms with E-state index in [1.807, 2.05) is 0 Å². The maximum atomic E-state index is 11.1. The Hall–Kier alpha value is -0.870. The van der Waals surface area contributed by atoms with E-state index >= 15 is 0 Å². The van der Waals surface area contributed by atoms with E-state index in [1.54, 1.807) is 13.0 Å². The normalized spacial score (nSPS) is 14.5. The summed E-state index contributed by atoms with van der Waals surface area (Å²) in [7, 11) is 1.51. The van der Waals surface area contributed by atoms with Crippen molar-refractivity contribution in [3.8, 4) is 0 Å². The lowest BCUT2D eigenvalue weighted by Crippen LogP contribution is -2.43. The van der Waals surface area contributed by atoms with Crippen molar-refractivity contribution < 1.29 is 14.6 Å². The van der Waals surface area contributed by atoms with Crippen molar-refractivity contribution in [3.05, 3.63) is 12.7 Å². The smallest absolute Gasteiger partial charge is 0.220 e. The van der Waals surface area contributed by atoms with Gasteiger partial charge in [-0.1, -0.05) is 6.08 Å². The number of aliphatic hydroxyl groups is 1. The average molecular weight is 201 g/mol. The highest BCUT2D eigenvalue weighted by molar-refractivity contribution is 5.76. The highest BCUT2D eigenvalue weighted by atomic mass is 16.5. The number of carbonyl (C=O) groups excluding carboxylic acids is 1. The van der Waals surface area contributed by atoms with Crippen LogP contribution in [0.1, 0.15) is 19.8 Å². The molecular weight excluding hydrogens is 182 g/mol. The summed E-state index contributed by atoms with van der Waals surface area (Å²) in [5.41, 5.74) is -1.00. The minimum Gasteiger partial charge on any atom is -0.386 e. The summed E-state index contributed by atoms with van der Waals surface area (Å²) in [5, 5.41) is 12.3. The zero-order chi connectivity index (χ0) is 11.0. The lowest BCUT2D eigenvalue weighted by molar-refractivity contribution is -0.122. The van der Waals surface area contributed by atoms with Crippen LogP contribution in [0.4, 0.5) is 0 Å². The van der Waals surface area contributed by atoms with E-state index in [0.717, 1.165) is 0 Å². The largest absolute Gasteiger partial charge is 0.386 e. The number of nitrogens with one attached hydrogen (secondary N) is 1. The molecule has 0 radical (unpaired) electrons. The standard InChI is InChI=1S/C10H19NO3/c1-4-5-6-9(12)11-7-10(2,13)8-14-3/h4,13H,1,5-8H2,2-3H3,(H,11,12)/t10-/m0/s1. The lowest BCUT2D eigenvalue weighted by Gasteiger charge is -2.22. The number of allylic oxidation sites excluding steroid dienone is 1. The SMILES string of the molecule is C=CCCC(=O)NC[C@](C)(O)COC. The van der Waals surface area contributed by atoms with E-state index in [4.69, 9.17) is 4.74 Å². The topological polar surface area (TPSA) is 58.6 Å². The van der Waals surface area contributed by atoms with Gasteiger partial charge in [0.25, 0.3) is 0 Å². The molecule has 0 bridgehead atoms. The number of hydrogen-bond donors (Lipinski definition) is 2. The van der Waals surface area contributed by atoms with Crippen LogP contribution in [0.15, 0.2) is 12.7 Å². The molecule has 0 saturated carbocycles. The Morgan fingerprint density at radius 3 is 2.86 bits per heavy atom. The first-order chi connectivity index (χ1) is 6.52. The van der Waals surface area contributed by atoms with E-state index in [2.05, 4.69) is 11.9 Å². The van der Waals surface area contributed by atoms with E-state index in [1.165, 1.54) is 7.11 Å². The zero-order valence-electron chi connectivity index (χ0n) is 8.88. The van der Waals surface area contributed by atoms with Gasteiger partial charge in [0.2, 0.25) is 5.91 Å². The van der Waals surface area contributed by atoms with Crippen molar-refractivity contribution in [2.45, 2.75) is 25.4 Å². The number of carbonyl (C=O) groups is 1. The van der Waals surface area contributed by atoms with E-state index < -0.39 is 5.60 Å². The van der Waals surface area contributed by atoms with Crippen molar-refractivity contribution in [2.24, 2.45) is 0 Å². The van der Waals surface area contributed by atoms with Gasteiger partial charge < -0.3 is 15.2 Å². The predicted octanol–water partition coefficient (Wildman–Crippen LogP) is 0.466. The fourth-order valence-electron chi connectivity index (χ4n) is 0.973. The molecule has 0 aromatic heterocycles. The first kappa shape index (κ1) is 13.1. The average Bonchev–Trinajstić information content (AvgIpc) is 2.11. The van der Waals surface area contributed by atoms with Crippen molar-refractivity contribution in [2.75, 3.05) is 20.3 Å². The molecule has 82 valence electrons. The van der Waals surface area contributed by atoms with Gasteiger partial charge in [0.1, 0.15) is 5.60 Å². The van der Waals surface area contributed by atoms with Crippen LogP contribution in [0, 0.1) is 0 Å². The molecule has 14 heavy (non-hydrogen) atoms. The number of ether oxygens (including phenoxy) is 1. The van der Waals surface area contributed by atoms with Gasteiger partial charge in [0.15, 0.2) is 0 Å². The van der Waals surface area contributed by atoms with Gasteiger partial charge in [-0.15, -0.1) is 6.58 Å². The minimum atomic E-state index is -1.00. The molecule has 0 aliphatic rings. The Bertz CT molecular complexity index is 190. The molecule has 0 unspecified atom stereocenters. The summed E-state index contributed by atoms with van der Waals surface area (Å²) in [5.74, 6) is -0.0821. The van der Waals surface area contributed by atoms with Crippen molar-refractivity contribution in [3.63, 3.8) is 0 Å². The Kier molecular flexibility index (Phi) is 6.16. The highest BCUT2D eigenvalue weighted by Gasteiger charge is 2.20. The first-order valence-electron chi connectivity index (χ1n) is 4.61. The van der Waals surface area contributed by atoms with Crippen LogP contribution in [0.2, 0.25) is 0 Å². The maximum absolute atomic E-state index is 11.1. The second kappa shape index (κ2) is 6.56. The number of hydrogen-bond acceptors (Lipinski definition) is 3. The summed E-state index contributed by atoms with van der Waals surface area (Å²) in [6.45, 7) is 5.55. The van der Waals surface area contributed by atoms with Crippen LogP contribution in [0.25, 0.3) is 0 Å². The lowest BCUT2D eigenvalue weighted by atomic mass is 10.1. The van der Waals surface area contributed by atoms with Crippen molar-refractivity contribution >= 4 is 5.91 Å². The highest BCUT2D eigenvalue weighted by Crippen LogP contribution is 2.01. The summed E-state index contributed by atoms with van der Waals surface area (Å²) in [6.07, 6.45) is 2.75. The fourth-order valence-corrected chi connectivity index (χ4v) is 0.973. The molecule has 0 aromatic carbocycles. The van der Waals surface area contributed by atoms with Crippen LogP contribution < -0.4 is 5.32 Å². The summed E-state index contributed by atoms with van der Waals surface area (Å²) in [4.78, 5) is 11.1. The van der Waals surface area contributed by atoms with Crippen molar-refractivity contribution in [1.82, 2.24) is 5.32 Å². The molecule has 2 N–H and O–H groups in total. The van der Waals surface area contributed by atoms with Gasteiger partial charge in [0.05, 0.1) is 6.61 Å². The Balaban J connectivity index is 3.69. The van der Waals surface area contributed by atoms with Gasteiger partial charge >= 0.3 is 0 Å². The molecular formula is C10H19NO3. The van der Waals surface area contributed by atoms with Gasteiger partial charge in [-0.25, -0.2) is 0 Å². The number of rotatable bonds is 7. The molecule has 0 aliphatic carbocycles. The molecule has 0 aromatic rings. The van der Waals surface area contributed by atoms with E-state index in [0.29, 0.717) is 12.8 Å². The van der Waals surface area contributed by atoms with E-state index in [-0.39, 0.29) is 19.1 Å². The third-order valence-electron chi connectivity index (χ3n) is 1.70. The Morgan fingerprint density at radius 2 is 2.36 bits per heavy atom. The van der Waals surface area contributed by atoms with Crippen LogP contribution in [0.3, 0.4) is 0 Å². The Labute approximate surface area is 85.0 Å². The van der Waals surface area contributed by atoms with Crippen molar-refractivity contribution in [1.29, 1.82) is 0 Å². The van der Waals surface area contributed by atoms with Gasteiger partial charge in [-0.05, 0) is 13.3 Å². The summed E-state index contributed by atoms with van der Waals surface area (Å²) >= 11 is 0. The molecule has 0 fully saturated rings. The second-order valence-electron chi connectivity index (χ2n) is 3.53. The molecule has 1 atom stereocenters. The number of amides is 1. The summed E-state index contributed by atoms with van der Waals surface area (Å²) in [6, 6.07) is 0. The second-order valence-corrected chi connectivity index (χ2v) is 3.53. The molecule has 0 rings (SSSR count). The number of methoxy groups -OCH3 is 1. The third-order valence-corrected chi connectivity index (χ3v) is 1.70. The van der Waals surface area contributed by atoms with Crippen LogP contribution in [-0.4, -0.2) is 36.9 Å². The quantitative estimate of drug-likeness (QED) is 0.588. The molecule has 0 saturated heterocycles. The van der Waals surface area contributed by atoms with Gasteiger partial charge in [0, 0.05) is 20.1 Å². The molecule has 0 spiro atoms. The molecule has 0 aliphatic heterocycles. The van der Waals surface area contributed by atoms with Gasteiger partial charge in [-0.2, -0.15) is 0 Å². The Morgan fingerprint density at radius 1 is 1.71 bits per heavy atom. The monoisotopic (exact) mass is 201 g/mol. The molecule has 0 heterocycles. The van der Waals surface area contributed by atoms with E-state index in [9.17, 15) is 9.90 Å². The maximum Gasteiger partial charge on any atom is 0.220 e. The molecule has 4 heteroatoms. The molecule has 4 nitrogen and oxygen atoms in total. The fraction of sp³-hybridized carbons (Fsp3) is 0.700. The van der Waals surface area contributed by atoms with Crippen LogP contribution in [0.5, 0.6) is 0 Å². The van der Waals surface area contributed by atoms with Crippen LogP contribution in [-0.2, 0) is 9.53 Å². The minimum absolute atomic E-state index is 0.0821. The predicted molar refractivity (Wildman–Crippen MR) is 54.9 cm³/mol.